The number of halogens is 3. The van der Waals surface area contributed by atoms with Crippen LogP contribution in [0.3, 0.4) is 0 Å². The van der Waals surface area contributed by atoms with Crippen LogP contribution in [0.4, 0.5) is 18.9 Å². The van der Waals surface area contributed by atoms with Crippen LogP contribution < -0.4 is 10.1 Å². The number of ether oxygens (including phenoxy) is 1. The van der Waals surface area contributed by atoms with Crippen LogP contribution in [-0.2, 0) is 0 Å². The van der Waals surface area contributed by atoms with Crippen LogP contribution >= 0.6 is 0 Å². The molecule has 1 aliphatic rings. The van der Waals surface area contributed by atoms with Gasteiger partial charge in [-0.15, -0.1) is 13.2 Å². The monoisotopic (exact) mass is 273 g/mol. The van der Waals surface area contributed by atoms with Gasteiger partial charge in [-0.25, -0.2) is 0 Å². The van der Waals surface area contributed by atoms with Crippen molar-refractivity contribution in [2.24, 2.45) is 0 Å². The third-order valence-electron chi connectivity index (χ3n) is 3.33. The summed E-state index contributed by atoms with van der Waals surface area (Å²) in [5.74, 6) is -0.153. The molecule has 0 bridgehead atoms. The highest BCUT2D eigenvalue weighted by Gasteiger charge is 2.32. The molecule has 19 heavy (non-hydrogen) atoms. The lowest BCUT2D eigenvalue weighted by Gasteiger charge is -2.20. The van der Waals surface area contributed by atoms with E-state index in [2.05, 4.69) is 10.1 Å². The Kier molecular flexibility index (Phi) is 4.56. The average Bonchev–Trinajstić information content (AvgIpc) is 2.58. The molecular weight excluding hydrogens is 255 g/mol. The van der Waals surface area contributed by atoms with Crippen molar-refractivity contribution in [3.05, 3.63) is 24.3 Å². The van der Waals surface area contributed by atoms with Gasteiger partial charge in [-0.05, 0) is 25.0 Å². The number of rotatable bonds is 3. The summed E-state index contributed by atoms with van der Waals surface area (Å²) in [4.78, 5) is 0. The summed E-state index contributed by atoms with van der Waals surface area (Å²) in [6, 6.07) is 6.46. The molecule has 0 amide bonds. The number of benzene rings is 1. The predicted molar refractivity (Wildman–Crippen MR) is 68.2 cm³/mol. The molecule has 106 valence electrons. The molecule has 0 aromatic heterocycles. The first kappa shape index (κ1) is 14.0. The lowest BCUT2D eigenvalue weighted by Crippen LogP contribution is -2.21. The molecule has 1 N–H and O–H groups in total. The van der Waals surface area contributed by atoms with E-state index in [0.29, 0.717) is 5.69 Å². The Morgan fingerprint density at radius 2 is 1.63 bits per heavy atom. The maximum Gasteiger partial charge on any atom is 0.573 e. The highest BCUT2D eigenvalue weighted by molar-refractivity contribution is 5.56. The molecule has 1 saturated carbocycles. The Morgan fingerprint density at radius 1 is 1.00 bits per heavy atom. The van der Waals surface area contributed by atoms with Gasteiger partial charge in [-0.1, -0.05) is 37.8 Å². The van der Waals surface area contributed by atoms with Crippen molar-refractivity contribution in [2.45, 2.75) is 50.9 Å². The van der Waals surface area contributed by atoms with E-state index in [9.17, 15) is 13.2 Å². The summed E-state index contributed by atoms with van der Waals surface area (Å²) in [7, 11) is 0. The largest absolute Gasteiger partial charge is 0.573 e. The minimum atomic E-state index is -4.65. The first-order valence-electron chi connectivity index (χ1n) is 6.66. The Labute approximate surface area is 111 Å². The molecule has 1 aliphatic carbocycles. The second kappa shape index (κ2) is 6.17. The number of hydrogen-bond acceptors (Lipinski definition) is 2. The quantitative estimate of drug-likeness (QED) is 0.804. The van der Waals surface area contributed by atoms with Crippen molar-refractivity contribution in [2.75, 3.05) is 5.32 Å². The number of para-hydroxylation sites is 2. The van der Waals surface area contributed by atoms with Crippen LogP contribution in [0.5, 0.6) is 5.75 Å². The molecule has 5 heteroatoms. The van der Waals surface area contributed by atoms with Crippen molar-refractivity contribution < 1.29 is 17.9 Å². The minimum absolute atomic E-state index is 0.153. The molecule has 1 aromatic carbocycles. The van der Waals surface area contributed by atoms with Gasteiger partial charge in [0, 0.05) is 6.04 Å². The fourth-order valence-electron chi connectivity index (χ4n) is 2.44. The summed E-state index contributed by atoms with van der Waals surface area (Å²) in [6.45, 7) is 0. The van der Waals surface area contributed by atoms with Crippen LogP contribution in [0.1, 0.15) is 38.5 Å². The third-order valence-corrected chi connectivity index (χ3v) is 3.33. The fraction of sp³-hybridized carbons (Fsp3) is 0.571. The summed E-state index contributed by atoms with van der Waals surface area (Å²) in [6.07, 6.45) is 2.01. The van der Waals surface area contributed by atoms with E-state index in [-0.39, 0.29) is 11.8 Å². The molecule has 0 unspecified atom stereocenters. The van der Waals surface area contributed by atoms with Gasteiger partial charge in [0.15, 0.2) is 5.75 Å². The zero-order valence-electron chi connectivity index (χ0n) is 10.7. The summed E-state index contributed by atoms with van der Waals surface area (Å²) >= 11 is 0. The Morgan fingerprint density at radius 3 is 2.26 bits per heavy atom. The van der Waals surface area contributed by atoms with Gasteiger partial charge in [-0.2, -0.15) is 0 Å². The second-order valence-electron chi connectivity index (χ2n) is 4.88. The van der Waals surface area contributed by atoms with Crippen molar-refractivity contribution in [1.82, 2.24) is 0 Å². The Hall–Kier alpha value is -1.39. The van der Waals surface area contributed by atoms with Crippen LogP contribution in [-0.4, -0.2) is 12.4 Å². The van der Waals surface area contributed by atoms with Gasteiger partial charge >= 0.3 is 6.36 Å². The van der Waals surface area contributed by atoms with E-state index >= 15 is 0 Å². The summed E-state index contributed by atoms with van der Waals surface area (Å²) in [5, 5.41) is 3.19. The van der Waals surface area contributed by atoms with E-state index in [4.69, 9.17) is 0 Å². The summed E-state index contributed by atoms with van der Waals surface area (Å²) in [5.41, 5.74) is 0.423. The third kappa shape index (κ3) is 4.65. The van der Waals surface area contributed by atoms with E-state index in [1.807, 2.05) is 0 Å². The zero-order chi connectivity index (χ0) is 13.7. The van der Waals surface area contributed by atoms with E-state index in [0.717, 1.165) is 25.7 Å². The molecular formula is C14H18F3NO. The molecule has 2 nitrogen and oxygen atoms in total. The predicted octanol–water partition coefficient (Wildman–Crippen LogP) is 4.72. The number of anilines is 1. The highest BCUT2D eigenvalue weighted by atomic mass is 19.4. The molecule has 1 aromatic rings. The van der Waals surface area contributed by atoms with Crippen LogP contribution in [0.2, 0.25) is 0 Å². The van der Waals surface area contributed by atoms with Crippen LogP contribution in [0.15, 0.2) is 24.3 Å². The van der Waals surface area contributed by atoms with Gasteiger partial charge in [0.2, 0.25) is 0 Å². The molecule has 0 radical (unpaired) electrons. The smallest absolute Gasteiger partial charge is 0.404 e. The molecule has 0 spiro atoms. The topological polar surface area (TPSA) is 21.3 Å². The minimum Gasteiger partial charge on any atom is -0.404 e. The number of nitrogens with one attached hydrogen (secondary N) is 1. The van der Waals surface area contributed by atoms with E-state index in [1.165, 1.54) is 18.9 Å². The molecule has 0 atom stereocenters. The van der Waals surface area contributed by atoms with Crippen molar-refractivity contribution >= 4 is 5.69 Å². The lowest BCUT2D eigenvalue weighted by atomic mass is 10.1. The van der Waals surface area contributed by atoms with Gasteiger partial charge in [0.05, 0.1) is 5.69 Å². The lowest BCUT2D eigenvalue weighted by molar-refractivity contribution is -0.274. The number of alkyl halides is 3. The fourth-order valence-corrected chi connectivity index (χ4v) is 2.44. The van der Waals surface area contributed by atoms with Crippen molar-refractivity contribution in [3.63, 3.8) is 0 Å². The molecule has 0 aliphatic heterocycles. The van der Waals surface area contributed by atoms with Gasteiger partial charge < -0.3 is 10.1 Å². The molecule has 0 saturated heterocycles. The molecule has 1 fully saturated rings. The van der Waals surface area contributed by atoms with Gasteiger partial charge in [0.25, 0.3) is 0 Å². The van der Waals surface area contributed by atoms with Crippen LogP contribution in [0.25, 0.3) is 0 Å². The standard InChI is InChI=1S/C14H18F3NO/c15-14(16,17)19-13-10-6-5-9-12(13)18-11-7-3-1-2-4-8-11/h5-6,9-11,18H,1-4,7-8H2. The SMILES string of the molecule is FC(F)(F)Oc1ccccc1NC1CCCCCC1. The first-order chi connectivity index (χ1) is 9.04. The highest BCUT2D eigenvalue weighted by Crippen LogP contribution is 2.31. The zero-order valence-corrected chi connectivity index (χ0v) is 10.7. The van der Waals surface area contributed by atoms with Gasteiger partial charge in [-0.3, -0.25) is 0 Å². The van der Waals surface area contributed by atoms with E-state index < -0.39 is 6.36 Å². The molecule has 0 heterocycles. The maximum atomic E-state index is 12.3. The van der Waals surface area contributed by atoms with Crippen molar-refractivity contribution in [1.29, 1.82) is 0 Å². The normalized spacial score (nSPS) is 17.8. The molecule has 2 rings (SSSR count). The second-order valence-corrected chi connectivity index (χ2v) is 4.88. The van der Waals surface area contributed by atoms with Crippen LogP contribution in [0, 0.1) is 0 Å². The van der Waals surface area contributed by atoms with E-state index in [1.54, 1.807) is 18.2 Å². The summed E-state index contributed by atoms with van der Waals surface area (Å²) < 4.78 is 41.0. The first-order valence-corrected chi connectivity index (χ1v) is 6.66. The Balaban J connectivity index is 2.06. The van der Waals surface area contributed by atoms with Crippen molar-refractivity contribution in [3.8, 4) is 5.75 Å². The number of hydrogen-bond donors (Lipinski definition) is 1. The average molecular weight is 273 g/mol. The Bertz CT molecular complexity index is 398. The maximum absolute atomic E-state index is 12.3. The van der Waals surface area contributed by atoms with Gasteiger partial charge in [0.1, 0.15) is 0 Å².